The van der Waals surface area contributed by atoms with E-state index in [1.54, 1.807) is 23.1 Å². The molecule has 1 aromatic carbocycles. The van der Waals surface area contributed by atoms with Gasteiger partial charge in [0.1, 0.15) is 10.3 Å². The number of fused-ring (bicyclic) bond motifs is 2. The molecule has 0 aliphatic carbocycles. The van der Waals surface area contributed by atoms with Gasteiger partial charge < -0.3 is 4.74 Å². The van der Waals surface area contributed by atoms with E-state index >= 15 is 0 Å². The Morgan fingerprint density at radius 3 is 2.81 bits per heavy atom. The van der Waals surface area contributed by atoms with Gasteiger partial charge in [0.15, 0.2) is 5.16 Å². The highest BCUT2D eigenvalue weighted by atomic mass is 32.2. The number of thioether (sulfide) groups is 1. The minimum Gasteiger partial charge on any atom is -0.370 e. The highest BCUT2D eigenvalue weighted by Crippen LogP contribution is 2.35. The van der Waals surface area contributed by atoms with E-state index in [0.717, 1.165) is 37.4 Å². The Kier molecular flexibility index (Phi) is 4.74. The molecule has 0 saturated carbocycles. The molecule has 6 heteroatoms. The molecule has 0 bridgehead atoms. The lowest BCUT2D eigenvalue weighted by Gasteiger charge is -2.30. The van der Waals surface area contributed by atoms with Crippen molar-refractivity contribution in [1.82, 2.24) is 9.55 Å². The summed E-state index contributed by atoms with van der Waals surface area (Å²) in [6, 6.07) is 10.1. The van der Waals surface area contributed by atoms with Crippen molar-refractivity contribution in [1.29, 1.82) is 0 Å². The standard InChI is InChI=1S/C21H22N2O2S2/c1-13(2)12-26-20-22-17-18(24)15-10-21(3,4)25-11-16(15)27-19(17)23(20)14-8-6-5-7-9-14/h5-9H,1,10-12H2,2-4H3. The number of para-hydroxylation sites is 1. The molecule has 2 aromatic heterocycles. The van der Waals surface area contributed by atoms with Gasteiger partial charge in [-0.25, -0.2) is 4.98 Å². The van der Waals surface area contributed by atoms with E-state index in [9.17, 15) is 4.79 Å². The fraction of sp³-hybridized carbons (Fsp3) is 0.333. The topological polar surface area (TPSA) is 44.1 Å². The highest BCUT2D eigenvalue weighted by molar-refractivity contribution is 7.99. The van der Waals surface area contributed by atoms with Crippen LogP contribution in [0.15, 0.2) is 52.4 Å². The smallest absolute Gasteiger partial charge is 0.211 e. The van der Waals surface area contributed by atoms with Crippen LogP contribution in [-0.4, -0.2) is 20.9 Å². The van der Waals surface area contributed by atoms with Crippen molar-refractivity contribution in [2.45, 2.75) is 44.6 Å². The third-order valence-electron chi connectivity index (χ3n) is 4.51. The second-order valence-electron chi connectivity index (χ2n) is 7.52. The number of hydrogen-bond acceptors (Lipinski definition) is 5. The van der Waals surface area contributed by atoms with Gasteiger partial charge in [-0.2, -0.15) is 0 Å². The number of rotatable bonds is 4. The van der Waals surface area contributed by atoms with Crippen molar-refractivity contribution in [3.8, 4) is 5.69 Å². The van der Waals surface area contributed by atoms with Crippen molar-refractivity contribution in [2.24, 2.45) is 0 Å². The average Bonchev–Trinajstić information content (AvgIpc) is 3.00. The first-order valence-electron chi connectivity index (χ1n) is 8.89. The average molecular weight is 399 g/mol. The molecule has 3 heterocycles. The van der Waals surface area contributed by atoms with Crippen LogP contribution in [0.1, 0.15) is 31.2 Å². The van der Waals surface area contributed by atoms with Crippen molar-refractivity contribution in [3.05, 3.63) is 63.1 Å². The first-order chi connectivity index (χ1) is 12.9. The molecule has 0 N–H and O–H groups in total. The van der Waals surface area contributed by atoms with E-state index in [1.807, 2.05) is 51.1 Å². The lowest BCUT2D eigenvalue weighted by atomic mass is 9.95. The zero-order valence-corrected chi connectivity index (χ0v) is 17.4. The Balaban J connectivity index is 1.96. The number of benzene rings is 1. The van der Waals surface area contributed by atoms with Crippen LogP contribution in [-0.2, 0) is 17.8 Å². The first kappa shape index (κ1) is 18.5. The van der Waals surface area contributed by atoms with Gasteiger partial charge in [-0.1, -0.05) is 42.1 Å². The van der Waals surface area contributed by atoms with Gasteiger partial charge in [-0.05, 0) is 32.9 Å². The second-order valence-corrected chi connectivity index (χ2v) is 9.55. The Bertz CT molecular complexity index is 1080. The predicted octanol–water partition coefficient (Wildman–Crippen LogP) is 4.97. The lowest BCUT2D eigenvalue weighted by molar-refractivity contribution is -0.0386. The van der Waals surface area contributed by atoms with Crippen molar-refractivity contribution in [3.63, 3.8) is 0 Å². The van der Waals surface area contributed by atoms with Crippen LogP contribution in [0.3, 0.4) is 0 Å². The van der Waals surface area contributed by atoms with Crippen molar-refractivity contribution >= 4 is 33.4 Å². The van der Waals surface area contributed by atoms with E-state index in [4.69, 9.17) is 9.72 Å². The van der Waals surface area contributed by atoms with Gasteiger partial charge in [0.2, 0.25) is 5.43 Å². The van der Waals surface area contributed by atoms with Gasteiger partial charge >= 0.3 is 0 Å². The molecule has 3 aromatic rings. The summed E-state index contributed by atoms with van der Waals surface area (Å²) in [6.07, 6.45) is 0.625. The summed E-state index contributed by atoms with van der Waals surface area (Å²) in [5.41, 5.74) is 3.24. The summed E-state index contributed by atoms with van der Waals surface area (Å²) in [5, 5.41) is 0.829. The zero-order valence-electron chi connectivity index (χ0n) is 15.7. The predicted molar refractivity (Wildman–Crippen MR) is 113 cm³/mol. The first-order valence-corrected chi connectivity index (χ1v) is 10.7. The van der Waals surface area contributed by atoms with Crippen molar-refractivity contribution < 1.29 is 4.74 Å². The molecule has 0 spiro atoms. The minimum atomic E-state index is -0.313. The number of aromatic nitrogens is 2. The summed E-state index contributed by atoms with van der Waals surface area (Å²) in [5.74, 6) is 0.769. The number of hydrogen-bond donors (Lipinski definition) is 0. The quantitative estimate of drug-likeness (QED) is 0.460. The van der Waals surface area contributed by atoms with Crippen LogP contribution in [0, 0.1) is 0 Å². The summed E-state index contributed by atoms with van der Waals surface area (Å²) in [7, 11) is 0. The molecule has 0 radical (unpaired) electrons. The highest BCUT2D eigenvalue weighted by Gasteiger charge is 2.30. The van der Waals surface area contributed by atoms with E-state index in [1.165, 1.54) is 0 Å². The van der Waals surface area contributed by atoms with E-state index in [-0.39, 0.29) is 11.0 Å². The van der Waals surface area contributed by atoms with Gasteiger partial charge in [0, 0.05) is 28.3 Å². The molecule has 4 rings (SSSR count). The normalized spacial score (nSPS) is 15.7. The van der Waals surface area contributed by atoms with E-state index in [2.05, 4.69) is 11.1 Å². The molecule has 4 nitrogen and oxygen atoms in total. The molecule has 1 aliphatic rings. The van der Waals surface area contributed by atoms with Crippen LogP contribution < -0.4 is 5.43 Å². The number of ether oxygens (including phenoxy) is 1. The number of nitrogens with zero attached hydrogens (tertiary/aromatic N) is 2. The molecule has 0 fully saturated rings. The van der Waals surface area contributed by atoms with Crippen LogP contribution in [0.5, 0.6) is 0 Å². The third-order valence-corrected chi connectivity index (χ3v) is 6.86. The molecule has 1 aliphatic heterocycles. The minimum absolute atomic E-state index is 0.0435. The fourth-order valence-corrected chi connectivity index (χ4v) is 5.27. The molecule has 0 amide bonds. The maximum absolute atomic E-state index is 13.2. The molecular formula is C21H22N2O2S2. The van der Waals surface area contributed by atoms with Crippen LogP contribution >= 0.6 is 23.1 Å². The molecule has 140 valence electrons. The third kappa shape index (κ3) is 3.49. The maximum atomic E-state index is 13.2. The van der Waals surface area contributed by atoms with Crippen LogP contribution in [0.25, 0.3) is 16.0 Å². The Labute approximate surface area is 166 Å². The largest absolute Gasteiger partial charge is 0.370 e. The monoisotopic (exact) mass is 398 g/mol. The summed E-state index contributed by atoms with van der Waals surface area (Å²) in [4.78, 5) is 19.9. The maximum Gasteiger partial charge on any atom is 0.211 e. The second kappa shape index (κ2) is 6.93. The molecule has 27 heavy (non-hydrogen) atoms. The lowest BCUT2D eigenvalue weighted by Crippen LogP contribution is -2.34. The van der Waals surface area contributed by atoms with Gasteiger partial charge in [0.05, 0.1) is 12.2 Å². The molecule has 0 atom stereocenters. The summed E-state index contributed by atoms with van der Waals surface area (Å²) < 4.78 is 8.04. The zero-order chi connectivity index (χ0) is 19.2. The Hall–Kier alpha value is -1.89. The Morgan fingerprint density at radius 2 is 2.11 bits per heavy atom. The molecular weight excluding hydrogens is 376 g/mol. The van der Waals surface area contributed by atoms with Crippen molar-refractivity contribution in [2.75, 3.05) is 5.75 Å². The molecule has 0 unspecified atom stereocenters. The van der Waals surface area contributed by atoms with Gasteiger partial charge in [-0.3, -0.25) is 9.36 Å². The number of imidazole rings is 1. The van der Waals surface area contributed by atoms with Crippen LogP contribution in [0.4, 0.5) is 0 Å². The summed E-state index contributed by atoms with van der Waals surface area (Å²) in [6.45, 7) is 10.5. The van der Waals surface area contributed by atoms with E-state index < -0.39 is 0 Å². The van der Waals surface area contributed by atoms with E-state index in [0.29, 0.717) is 18.5 Å². The van der Waals surface area contributed by atoms with Gasteiger partial charge in [0.25, 0.3) is 0 Å². The fourth-order valence-electron chi connectivity index (χ4n) is 3.20. The van der Waals surface area contributed by atoms with Gasteiger partial charge in [-0.15, -0.1) is 11.3 Å². The van der Waals surface area contributed by atoms with Crippen LogP contribution in [0.2, 0.25) is 0 Å². The Morgan fingerprint density at radius 1 is 1.37 bits per heavy atom. The molecule has 0 saturated heterocycles. The SMILES string of the molecule is C=C(C)CSc1nc2c(=O)c3c(sc2n1-c1ccccc1)COC(C)(C)C3. The summed E-state index contributed by atoms with van der Waals surface area (Å²) >= 11 is 3.24.